The molecule has 7 aromatic rings. The molecule has 0 amide bonds. The maximum atomic E-state index is 8.11. The summed E-state index contributed by atoms with van der Waals surface area (Å²) >= 11 is 0. The Labute approximate surface area is 209 Å². The third kappa shape index (κ3) is 2.74. The summed E-state index contributed by atoms with van der Waals surface area (Å²) in [6.07, 6.45) is 2.15. The van der Waals surface area contributed by atoms with Gasteiger partial charge in [-0.05, 0) is 58.2 Å². The minimum Gasteiger partial charge on any atom is -0.307 e. The smallest absolute Gasteiger partial charge is 0.224 e. The Morgan fingerprint density at radius 3 is 2.51 bits per heavy atom. The van der Waals surface area contributed by atoms with Crippen LogP contribution in [0.15, 0.2) is 85.1 Å². The van der Waals surface area contributed by atoms with Gasteiger partial charge in [0, 0.05) is 21.0 Å². The molecule has 0 saturated heterocycles. The predicted molar refractivity (Wildman–Crippen MR) is 149 cm³/mol. The molecule has 3 heterocycles. The third-order valence-electron chi connectivity index (χ3n) is 7.66. The Morgan fingerprint density at radius 2 is 1.66 bits per heavy atom. The lowest BCUT2D eigenvalue weighted by Gasteiger charge is -2.20. The molecule has 0 atom stereocenters. The van der Waals surface area contributed by atoms with Gasteiger partial charge in [-0.25, -0.2) is 4.57 Å². The van der Waals surface area contributed by atoms with Gasteiger partial charge in [-0.15, -0.1) is 0 Å². The Balaban J connectivity index is 1.65. The number of para-hydroxylation sites is 1. The van der Waals surface area contributed by atoms with Crippen molar-refractivity contribution in [1.29, 1.82) is 0 Å². The van der Waals surface area contributed by atoms with Gasteiger partial charge < -0.3 is 4.40 Å². The fourth-order valence-electron chi connectivity index (χ4n) is 5.92. The molecule has 0 aliphatic carbocycles. The van der Waals surface area contributed by atoms with Crippen molar-refractivity contribution in [1.82, 2.24) is 4.40 Å². The van der Waals surface area contributed by atoms with E-state index in [-0.39, 0.29) is 0 Å². The van der Waals surface area contributed by atoms with Crippen LogP contribution >= 0.6 is 0 Å². The highest BCUT2D eigenvalue weighted by atomic mass is 15.0. The van der Waals surface area contributed by atoms with Crippen molar-refractivity contribution in [3.05, 3.63) is 96.2 Å². The summed E-state index contributed by atoms with van der Waals surface area (Å²) in [6.45, 7) is 3.71. The molecule has 0 fully saturated rings. The van der Waals surface area contributed by atoms with Crippen LogP contribution in [0.5, 0.6) is 0 Å². The number of aromatic nitrogens is 2. The molecule has 0 aliphatic heterocycles. The first-order valence-corrected chi connectivity index (χ1v) is 12.2. The van der Waals surface area contributed by atoms with Crippen LogP contribution in [-0.2, 0) is 12.5 Å². The van der Waals surface area contributed by atoms with E-state index in [0.29, 0.717) is 0 Å². The summed E-state index contributed by atoms with van der Waals surface area (Å²) < 4.78 is 29.0. The highest BCUT2D eigenvalue weighted by Crippen LogP contribution is 2.42. The third-order valence-corrected chi connectivity index (χ3v) is 7.66. The molecule has 4 aromatic carbocycles. The van der Waals surface area contributed by atoms with E-state index in [2.05, 4.69) is 89.8 Å². The lowest BCUT2D eigenvalue weighted by molar-refractivity contribution is -0.643. The molecular weight excluding hydrogens is 424 g/mol. The minimum absolute atomic E-state index is 0.818. The van der Waals surface area contributed by atoms with Crippen molar-refractivity contribution >= 4 is 49.0 Å². The second-order valence-corrected chi connectivity index (χ2v) is 10.4. The van der Waals surface area contributed by atoms with Gasteiger partial charge in [-0.1, -0.05) is 75.3 Å². The average Bonchev–Trinajstić information content (AvgIpc) is 3.23. The highest BCUT2D eigenvalue weighted by Gasteiger charge is 2.24. The molecule has 0 N–H and O–H groups in total. The standard InChI is InChI=1S/C33H29N2/c1-20-13-14-26-25-11-6-7-12-27(25)35-28-19-23(21-9-8-10-24(18-21)33(2,3)4)17-22-15-16-34(5)32(30(22)28)29(20)31(26)35/h6-19H,1-5H3/q+1/i2D3. The van der Waals surface area contributed by atoms with Crippen LogP contribution in [0.25, 0.3) is 60.1 Å². The molecule has 0 bridgehead atoms. The zero-order valence-corrected chi connectivity index (χ0v) is 20.5. The average molecular weight is 457 g/mol. The second kappa shape index (κ2) is 6.82. The van der Waals surface area contributed by atoms with Crippen LogP contribution in [0.3, 0.4) is 0 Å². The Bertz CT molecular complexity index is 2060. The van der Waals surface area contributed by atoms with E-state index < -0.39 is 12.3 Å². The Hall–Kier alpha value is -3.91. The van der Waals surface area contributed by atoms with Crippen molar-refractivity contribution < 1.29 is 8.68 Å². The number of aryl methyl sites for hydroxylation is 2. The van der Waals surface area contributed by atoms with Gasteiger partial charge in [0.15, 0.2) is 6.20 Å². The van der Waals surface area contributed by atoms with E-state index in [1.807, 2.05) is 18.2 Å². The van der Waals surface area contributed by atoms with E-state index in [1.165, 1.54) is 49.0 Å². The lowest BCUT2D eigenvalue weighted by atomic mass is 9.85. The molecule has 3 aromatic heterocycles. The lowest BCUT2D eigenvalue weighted by Crippen LogP contribution is -2.28. The van der Waals surface area contributed by atoms with Crippen LogP contribution in [-0.4, -0.2) is 4.40 Å². The van der Waals surface area contributed by atoms with Crippen LogP contribution in [0.4, 0.5) is 0 Å². The summed E-state index contributed by atoms with van der Waals surface area (Å²) in [5.74, 6) is 0. The van der Waals surface area contributed by atoms with Gasteiger partial charge in [-0.2, -0.15) is 0 Å². The molecule has 0 unspecified atom stereocenters. The van der Waals surface area contributed by atoms with E-state index in [4.69, 9.17) is 4.11 Å². The predicted octanol–water partition coefficient (Wildman–Crippen LogP) is 8.09. The summed E-state index contributed by atoms with van der Waals surface area (Å²) in [6, 6.07) is 27.9. The van der Waals surface area contributed by atoms with E-state index in [0.717, 1.165) is 22.2 Å². The Morgan fingerprint density at radius 1 is 0.800 bits per heavy atom. The topological polar surface area (TPSA) is 8.29 Å². The van der Waals surface area contributed by atoms with Crippen molar-refractivity contribution in [2.24, 2.45) is 7.05 Å². The highest BCUT2D eigenvalue weighted by molar-refractivity contribution is 6.26. The zero-order valence-electron chi connectivity index (χ0n) is 23.5. The van der Waals surface area contributed by atoms with Gasteiger partial charge >= 0.3 is 0 Å². The van der Waals surface area contributed by atoms with E-state index >= 15 is 0 Å². The normalized spacial score (nSPS) is 14.3. The minimum atomic E-state index is -2.10. The first-order valence-electron chi connectivity index (χ1n) is 13.7. The summed E-state index contributed by atoms with van der Waals surface area (Å²) in [5, 5.41) is 6.21. The number of rotatable bonds is 1. The quantitative estimate of drug-likeness (QED) is 0.134. The van der Waals surface area contributed by atoms with Gasteiger partial charge in [0.1, 0.15) is 7.05 Å². The van der Waals surface area contributed by atoms with Gasteiger partial charge in [-0.3, -0.25) is 0 Å². The first-order chi connectivity index (χ1) is 18.1. The van der Waals surface area contributed by atoms with Crippen molar-refractivity contribution in [2.75, 3.05) is 0 Å². The molecule has 0 radical (unpaired) electrons. The van der Waals surface area contributed by atoms with Crippen LogP contribution in [0.1, 0.15) is 35.9 Å². The number of pyridine rings is 2. The van der Waals surface area contributed by atoms with Gasteiger partial charge in [0.05, 0.1) is 27.3 Å². The van der Waals surface area contributed by atoms with Crippen molar-refractivity contribution in [2.45, 2.75) is 33.0 Å². The second-order valence-electron chi connectivity index (χ2n) is 10.4. The molecule has 0 spiro atoms. The fourth-order valence-corrected chi connectivity index (χ4v) is 5.92. The zero-order chi connectivity index (χ0) is 26.6. The van der Waals surface area contributed by atoms with Gasteiger partial charge in [0.2, 0.25) is 5.52 Å². The maximum Gasteiger partial charge on any atom is 0.224 e. The number of fused-ring (bicyclic) bond motifs is 5. The SMILES string of the molecule is [2H]C([2H])([2H])C(C)(C)c1cccc(-c2cc3cc[n+](C)c4c5c(C)ccc6c7ccccc7n(c(c2)c34)c65)c1. The molecule has 7 rings (SSSR count). The van der Waals surface area contributed by atoms with Crippen LogP contribution in [0.2, 0.25) is 0 Å². The number of hydrogen-bond donors (Lipinski definition) is 0. The molecule has 0 saturated carbocycles. The van der Waals surface area contributed by atoms with Crippen molar-refractivity contribution in [3.8, 4) is 11.1 Å². The van der Waals surface area contributed by atoms with E-state index in [9.17, 15) is 0 Å². The fraction of sp³-hybridized carbons (Fsp3) is 0.182. The largest absolute Gasteiger partial charge is 0.307 e. The summed E-state index contributed by atoms with van der Waals surface area (Å²) in [7, 11) is 2.13. The first kappa shape index (κ1) is 17.5. The van der Waals surface area contributed by atoms with Crippen molar-refractivity contribution in [3.63, 3.8) is 0 Å². The molecular formula is C33H29N2+. The number of nitrogens with zero attached hydrogens (tertiary/aromatic N) is 2. The summed E-state index contributed by atoms with van der Waals surface area (Å²) in [4.78, 5) is 0. The summed E-state index contributed by atoms with van der Waals surface area (Å²) in [5.41, 5.74) is 8.08. The van der Waals surface area contributed by atoms with E-state index in [1.54, 1.807) is 13.8 Å². The molecule has 35 heavy (non-hydrogen) atoms. The van der Waals surface area contributed by atoms with Gasteiger partial charge in [0.25, 0.3) is 0 Å². The molecule has 2 nitrogen and oxygen atoms in total. The molecule has 2 heteroatoms. The van der Waals surface area contributed by atoms with Crippen LogP contribution < -0.4 is 4.57 Å². The number of hydrogen-bond acceptors (Lipinski definition) is 0. The number of benzene rings is 4. The Kier molecular flexibility index (Phi) is 3.41. The molecule has 0 aliphatic rings. The maximum absolute atomic E-state index is 8.11. The molecule has 170 valence electrons. The monoisotopic (exact) mass is 456 g/mol. The van der Waals surface area contributed by atoms with Crippen LogP contribution in [0, 0.1) is 6.92 Å².